The highest BCUT2D eigenvalue weighted by Gasteiger charge is 2.35. The van der Waals surface area contributed by atoms with Crippen molar-refractivity contribution in [2.75, 3.05) is 26.2 Å². The van der Waals surface area contributed by atoms with E-state index in [-0.39, 0.29) is 37.3 Å². The molecule has 2 fully saturated rings. The zero-order valence-corrected chi connectivity index (χ0v) is 15.6. The maximum Gasteiger partial charge on any atom is 0.251 e. The van der Waals surface area contributed by atoms with Crippen molar-refractivity contribution in [1.29, 1.82) is 0 Å². The van der Waals surface area contributed by atoms with Crippen molar-refractivity contribution < 1.29 is 19.1 Å². The predicted molar refractivity (Wildman–Crippen MR) is 99.7 cm³/mol. The van der Waals surface area contributed by atoms with Gasteiger partial charge in [-0.2, -0.15) is 0 Å². The van der Waals surface area contributed by atoms with E-state index >= 15 is 0 Å². The Bertz CT molecular complexity index is 671. The van der Waals surface area contributed by atoms with Gasteiger partial charge in [-0.15, -0.1) is 0 Å². The molecule has 2 saturated heterocycles. The highest BCUT2D eigenvalue weighted by atomic mass is 16.5. The normalized spacial score (nSPS) is 23.6. The van der Waals surface area contributed by atoms with E-state index in [9.17, 15) is 14.4 Å². The molecule has 2 aliphatic rings. The van der Waals surface area contributed by atoms with E-state index < -0.39 is 12.1 Å². The van der Waals surface area contributed by atoms with Gasteiger partial charge in [-0.05, 0) is 24.3 Å². The molecule has 2 heterocycles. The lowest BCUT2D eigenvalue weighted by atomic mass is 9.99. The van der Waals surface area contributed by atoms with Crippen LogP contribution in [0.25, 0.3) is 0 Å². The number of amides is 3. The van der Waals surface area contributed by atoms with Crippen molar-refractivity contribution in [3.05, 3.63) is 35.9 Å². The number of piperidine rings is 1. The van der Waals surface area contributed by atoms with Crippen LogP contribution in [-0.4, -0.2) is 55.0 Å². The summed E-state index contributed by atoms with van der Waals surface area (Å²) in [5, 5.41) is 5.60. The molecule has 3 rings (SSSR count). The van der Waals surface area contributed by atoms with Crippen LogP contribution < -0.4 is 10.6 Å². The topological polar surface area (TPSA) is 87.7 Å². The molecule has 2 aliphatic heterocycles. The van der Waals surface area contributed by atoms with Gasteiger partial charge in [-0.25, -0.2) is 0 Å². The van der Waals surface area contributed by atoms with Gasteiger partial charge in [0.15, 0.2) is 6.10 Å². The monoisotopic (exact) mass is 373 g/mol. The van der Waals surface area contributed by atoms with Crippen LogP contribution in [0.1, 0.15) is 37.8 Å². The summed E-state index contributed by atoms with van der Waals surface area (Å²) in [4.78, 5) is 38.4. The Morgan fingerprint density at radius 1 is 1.22 bits per heavy atom. The van der Waals surface area contributed by atoms with Gasteiger partial charge in [0.2, 0.25) is 11.8 Å². The third kappa shape index (κ3) is 5.07. The first-order valence-corrected chi connectivity index (χ1v) is 9.56. The summed E-state index contributed by atoms with van der Waals surface area (Å²) in [5.74, 6) is 0.174. The summed E-state index contributed by atoms with van der Waals surface area (Å²) in [6.07, 6.45) is 1.53. The summed E-state index contributed by atoms with van der Waals surface area (Å²) in [5.41, 5.74) is 0.809. The second-order valence-electron chi connectivity index (χ2n) is 7.29. The van der Waals surface area contributed by atoms with Gasteiger partial charge < -0.3 is 20.3 Å². The number of hydrogen-bond donors (Lipinski definition) is 2. The van der Waals surface area contributed by atoms with Gasteiger partial charge >= 0.3 is 0 Å². The Labute approximate surface area is 159 Å². The summed E-state index contributed by atoms with van der Waals surface area (Å²) < 4.78 is 5.49. The molecule has 0 aliphatic carbocycles. The number of rotatable bonds is 5. The molecule has 0 unspecified atom stereocenters. The number of likely N-dealkylation sites (tertiary alicyclic amines) is 1. The second kappa shape index (κ2) is 8.99. The average molecular weight is 373 g/mol. The summed E-state index contributed by atoms with van der Waals surface area (Å²) >= 11 is 0. The van der Waals surface area contributed by atoms with E-state index in [1.807, 2.05) is 35.2 Å². The highest BCUT2D eigenvalue weighted by Crippen LogP contribution is 2.22. The third-order valence-corrected chi connectivity index (χ3v) is 5.20. The summed E-state index contributed by atoms with van der Waals surface area (Å²) in [6.45, 7) is 3.91. The standard InChI is InChI=1S/C20H27N3O4/c1-14-8-11-23(12-9-14)17(25)7-10-21-20(26)19-18(22-16(24)13-27-19)15-5-3-2-4-6-15/h2-6,14,18-19H,7-13H2,1H3,(H,21,26)(H,22,24)/t18-,19+/m1/s1. The molecule has 0 aromatic heterocycles. The van der Waals surface area contributed by atoms with Crippen molar-refractivity contribution in [2.24, 2.45) is 5.92 Å². The molecule has 146 valence electrons. The molecule has 1 aromatic carbocycles. The molecule has 0 radical (unpaired) electrons. The van der Waals surface area contributed by atoms with Crippen LogP contribution in [0, 0.1) is 5.92 Å². The van der Waals surface area contributed by atoms with Crippen molar-refractivity contribution >= 4 is 17.7 Å². The predicted octanol–water partition coefficient (Wildman–Crippen LogP) is 1.01. The number of nitrogens with one attached hydrogen (secondary N) is 2. The fourth-order valence-electron chi connectivity index (χ4n) is 3.51. The molecule has 7 heteroatoms. The van der Waals surface area contributed by atoms with Crippen LogP contribution in [0.4, 0.5) is 0 Å². The molecule has 0 bridgehead atoms. The first-order valence-electron chi connectivity index (χ1n) is 9.56. The molecule has 0 spiro atoms. The molecular formula is C20H27N3O4. The number of morpholine rings is 1. The fraction of sp³-hybridized carbons (Fsp3) is 0.550. The lowest BCUT2D eigenvalue weighted by Crippen LogP contribution is -2.52. The Balaban J connectivity index is 1.51. The molecular weight excluding hydrogens is 346 g/mol. The van der Waals surface area contributed by atoms with Crippen molar-refractivity contribution in [1.82, 2.24) is 15.5 Å². The Morgan fingerprint density at radius 3 is 2.63 bits per heavy atom. The number of nitrogens with zero attached hydrogens (tertiary/aromatic N) is 1. The van der Waals surface area contributed by atoms with Crippen LogP contribution in [0.15, 0.2) is 30.3 Å². The Hall–Kier alpha value is -2.41. The number of carbonyl (C=O) groups is 3. The SMILES string of the molecule is CC1CCN(C(=O)CCNC(=O)[C@H]2OCC(=O)N[C@@H]2c2ccccc2)CC1. The maximum atomic E-state index is 12.6. The average Bonchev–Trinajstić information content (AvgIpc) is 2.69. The lowest BCUT2D eigenvalue weighted by molar-refractivity contribution is -0.148. The van der Waals surface area contributed by atoms with Gasteiger partial charge in [-0.3, -0.25) is 14.4 Å². The fourth-order valence-corrected chi connectivity index (χ4v) is 3.51. The van der Waals surface area contributed by atoms with E-state index in [1.54, 1.807) is 0 Å². The quantitative estimate of drug-likeness (QED) is 0.806. The molecule has 27 heavy (non-hydrogen) atoms. The maximum absolute atomic E-state index is 12.6. The zero-order chi connectivity index (χ0) is 19.2. The van der Waals surface area contributed by atoms with Gasteiger partial charge in [0.1, 0.15) is 6.61 Å². The first-order chi connectivity index (χ1) is 13.0. The van der Waals surface area contributed by atoms with Gasteiger partial charge in [0.05, 0.1) is 6.04 Å². The van der Waals surface area contributed by atoms with E-state index in [2.05, 4.69) is 17.6 Å². The van der Waals surface area contributed by atoms with Crippen LogP contribution >= 0.6 is 0 Å². The smallest absolute Gasteiger partial charge is 0.251 e. The minimum atomic E-state index is -0.809. The van der Waals surface area contributed by atoms with Crippen molar-refractivity contribution in [3.63, 3.8) is 0 Å². The van der Waals surface area contributed by atoms with Crippen LogP contribution in [0.2, 0.25) is 0 Å². The van der Waals surface area contributed by atoms with E-state index in [0.717, 1.165) is 31.5 Å². The number of benzene rings is 1. The van der Waals surface area contributed by atoms with Crippen molar-refractivity contribution in [2.45, 2.75) is 38.3 Å². The minimum Gasteiger partial charge on any atom is -0.356 e. The number of ether oxygens (including phenoxy) is 1. The van der Waals surface area contributed by atoms with Gasteiger partial charge in [0.25, 0.3) is 5.91 Å². The lowest BCUT2D eigenvalue weighted by Gasteiger charge is -2.32. The van der Waals surface area contributed by atoms with E-state index in [1.165, 1.54) is 0 Å². The zero-order valence-electron chi connectivity index (χ0n) is 15.6. The van der Waals surface area contributed by atoms with Crippen LogP contribution in [0.3, 0.4) is 0 Å². The number of hydrogen-bond acceptors (Lipinski definition) is 4. The van der Waals surface area contributed by atoms with Crippen molar-refractivity contribution in [3.8, 4) is 0 Å². The molecule has 2 atom stereocenters. The molecule has 0 saturated carbocycles. The minimum absolute atomic E-state index is 0.0691. The van der Waals surface area contributed by atoms with Crippen LogP contribution in [-0.2, 0) is 19.1 Å². The largest absolute Gasteiger partial charge is 0.356 e. The third-order valence-electron chi connectivity index (χ3n) is 5.20. The highest BCUT2D eigenvalue weighted by molar-refractivity contribution is 5.86. The molecule has 1 aromatic rings. The Morgan fingerprint density at radius 2 is 1.93 bits per heavy atom. The Kier molecular flexibility index (Phi) is 6.45. The van der Waals surface area contributed by atoms with E-state index in [4.69, 9.17) is 4.74 Å². The molecule has 7 nitrogen and oxygen atoms in total. The molecule has 3 amide bonds. The summed E-state index contributed by atoms with van der Waals surface area (Å²) in [6, 6.07) is 8.73. The molecule has 2 N–H and O–H groups in total. The number of carbonyl (C=O) groups excluding carboxylic acids is 3. The summed E-state index contributed by atoms with van der Waals surface area (Å²) in [7, 11) is 0. The van der Waals surface area contributed by atoms with E-state index in [0.29, 0.717) is 5.92 Å². The van der Waals surface area contributed by atoms with Gasteiger partial charge in [0, 0.05) is 26.1 Å². The van der Waals surface area contributed by atoms with Gasteiger partial charge in [-0.1, -0.05) is 37.3 Å². The van der Waals surface area contributed by atoms with Crippen LogP contribution in [0.5, 0.6) is 0 Å². The second-order valence-corrected chi connectivity index (χ2v) is 7.29. The first kappa shape index (κ1) is 19.4.